The third-order valence-corrected chi connectivity index (χ3v) is 9.45. The van der Waals surface area contributed by atoms with Crippen molar-refractivity contribution in [3.63, 3.8) is 0 Å². The molecule has 0 aromatic heterocycles. The van der Waals surface area contributed by atoms with E-state index in [-0.39, 0.29) is 35.5 Å². The van der Waals surface area contributed by atoms with Gasteiger partial charge in [-0.3, -0.25) is 13.9 Å². The van der Waals surface area contributed by atoms with Gasteiger partial charge in [-0.15, -0.1) is 0 Å². The number of rotatable bonds is 13. The molecule has 0 aliphatic rings. The van der Waals surface area contributed by atoms with Gasteiger partial charge in [-0.25, -0.2) is 12.8 Å². The molecule has 7 nitrogen and oxygen atoms in total. The highest BCUT2D eigenvalue weighted by Gasteiger charge is 2.35. The first kappa shape index (κ1) is 32.7. The van der Waals surface area contributed by atoms with Gasteiger partial charge < -0.3 is 10.2 Å². The van der Waals surface area contributed by atoms with Crippen molar-refractivity contribution < 1.29 is 22.4 Å². The normalized spacial score (nSPS) is 12.6. The molecule has 4 aromatic carbocycles. The van der Waals surface area contributed by atoms with E-state index in [1.165, 1.54) is 29.2 Å². The van der Waals surface area contributed by atoms with Gasteiger partial charge in [0.15, 0.2) is 0 Å². The van der Waals surface area contributed by atoms with Crippen molar-refractivity contribution in [3.8, 4) is 0 Å². The van der Waals surface area contributed by atoms with Crippen LogP contribution < -0.4 is 9.62 Å². The van der Waals surface area contributed by atoms with Crippen molar-refractivity contribution in [2.24, 2.45) is 0 Å². The smallest absolute Gasteiger partial charge is 0.264 e. The van der Waals surface area contributed by atoms with E-state index in [1.807, 2.05) is 44.2 Å². The van der Waals surface area contributed by atoms with Crippen molar-refractivity contribution in [1.29, 1.82) is 0 Å². The molecule has 0 heterocycles. The van der Waals surface area contributed by atoms with Crippen molar-refractivity contribution in [1.82, 2.24) is 10.2 Å². The molecule has 0 fully saturated rings. The van der Waals surface area contributed by atoms with Gasteiger partial charge in [0, 0.05) is 24.0 Å². The minimum atomic E-state index is -4.27. The highest BCUT2D eigenvalue weighted by Crippen LogP contribution is 2.26. The predicted octanol–water partition coefficient (Wildman–Crippen LogP) is 6.23. The van der Waals surface area contributed by atoms with Gasteiger partial charge in [0.05, 0.1) is 10.6 Å². The summed E-state index contributed by atoms with van der Waals surface area (Å²) in [5.41, 5.74) is 1.52. The van der Waals surface area contributed by atoms with Crippen LogP contribution in [0.2, 0.25) is 5.02 Å². The molecule has 4 aromatic rings. The topological polar surface area (TPSA) is 86.8 Å². The number of amides is 2. The molecule has 0 bridgehead atoms. The van der Waals surface area contributed by atoms with E-state index in [4.69, 9.17) is 11.6 Å². The lowest BCUT2D eigenvalue weighted by atomic mass is 10.0. The van der Waals surface area contributed by atoms with Gasteiger partial charge in [0.25, 0.3) is 10.0 Å². The lowest BCUT2D eigenvalue weighted by Crippen LogP contribution is -2.54. The second-order valence-corrected chi connectivity index (χ2v) is 12.7. The minimum Gasteiger partial charge on any atom is -0.352 e. The summed E-state index contributed by atoms with van der Waals surface area (Å²) in [7, 11) is -4.27. The van der Waals surface area contributed by atoms with Gasteiger partial charge in [-0.1, -0.05) is 85.3 Å². The van der Waals surface area contributed by atoms with Crippen LogP contribution in [0.1, 0.15) is 31.4 Å². The number of carbonyl (C=O) groups is 2. The molecule has 230 valence electrons. The molecule has 44 heavy (non-hydrogen) atoms. The predicted molar refractivity (Wildman–Crippen MR) is 171 cm³/mol. The Labute approximate surface area is 263 Å². The van der Waals surface area contributed by atoms with E-state index in [2.05, 4.69) is 5.32 Å². The fourth-order valence-corrected chi connectivity index (χ4v) is 6.29. The number of carbonyl (C=O) groups excluding carboxylic acids is 2. The maximum absolute atomic E-state index is 14.4. The summed E-state index contributed by atoms with van der Waals surface area (Å²) in [5, 5.41) is 3.39. The van der Waals surface area contributed by atoms with Gasteiger partial charge in [-0.2, -0.15) is 0 Å². The monoisotopic (exact) mass is 635 g/mol. The largest absolute Gasteiger partial charge is 0.352 e. The minimum absolute atomic E-state index is 0.0369. The first-order valence-electron chi connectivity index (χ1n) is 14.3. The Bertz CT molecular complexity index is 1660. The molecule has 0 unspecified atom stereocenters. The summed E-state index contributed by atoms with van der Waals surface area (Å²) in [6, 6.07) is 27.7. The Morgan fingerprint density at radius 1 is 0.864 bits per heavy atom. The SMILES string of the molecule is CC[C@@H](C)NC(=O)[C@@H](Cc1ccccc1)N(Cc1ccccc1Cl)C(=O)CN(c1ccc(F)cc1)S(=O)(=O)c1ccccc1. The highest BCUT2D eigenvalue weighted by molar-refractivity contribution is 7.92. The molecule has 2 atom stereocenters. The number of sulfonamides is 1. The molecule has 10 heteroatoms. The van der Waals surface area contributed by atoms with Gasteiger partial charge in [0.1, 0.15) is 18.4 Å². The third kappa shape index (κ3) is 8.24. The zero-order valence-electron chi connectivity index (χ0n) is 24.6. The fourth-order valence-electron chi connectivity index (χ4n) is 4.66. The Balaban J connectivity index is 1.80. The second-order valence-electron chi connectivity index (χ2n) is 10.4. The zero-order chi connectivity index (χ0) is 31.7. The molecule has 0 radical (unpaired) electrons. The van der Waals surface area contributed by atoms with Gasteiger partial charge >= 0.3 is 0 Å². The lowest BCUT2D eigenvalue weighted by molar-refractivity contribution is -0.140. The summed E-state index contributed by atoms with van der Waals surface area (Å²) in [6.07, 6.45) is 0.858. The van der Waals surface area contributed by atoms with Crippen molar-refractivity contribution in [3.05, 3.63) is 131 Å². The summed E-state index contributed by atoms with van der Waals surface area (Å²) in [4.78, 5) is 29.6. The Kier molecular flexibility index (Phi) is 11.1. The maximum atomic E-state index is 14.4. The molecule has 0 aliphatic carbocycles. The fraction of sp³-hybridized carbons (Fsp3) is 0.235. The Morgan fingerprint density at radius 2 is 1.45 bits per heavy atom. The van der Waals surface area contributed by atoms with E-state index >= 15 is 0 Å². The zero-order valence-corrected chi connectivity index (χ0v) is 26.1. The molecule has 4 rings (SSSR count). The molecular weight excluding hydrogens is 601 g/mol. The third-order valence-electron chi connectivity index (χ3n) is 7.30. The molecule has 0 aliphatic heterocycles. The molecule has 1 N–H and O–H groups in total. The maximum Gasteiger partial charge on any atom is 0.264 e. The van der Waals surface area contributed by atoms with E-state index in [0.717, 1.165) is 22.0 Å². The highest BCUT2D eigenvalue weighted by atomic mass is 35.5. The summed E-state index contributed by atoms with van der Waals surface area (Å²) < 4.78 is 42.7. The number of nitrogens with zero attached hydrogens (tertiary/aromatic N) is 2. The van der Waals surface area contributed by atoms with Gasteiger partial charge in [0.2, 0.25) is 11.8 Å². The summed E-state index contributed by atoms with van der Waals surface area (Å²) in [5.74, 6) is -1.56. The number of hydrogen-bond donors (Lipinski definition) is 1. The average molecular weight is 636 g/mol. The van der Waals surface area contributed by atoms with E-state index in [9.17, 15) is 22.4 Å². The number of hydrogen-bond acceptors (Lipinski definition) is 4. The van der Waals surface area contributed by atoms with Crippen LogP contribution in [-0.2, 0) is 32.6 Å². The summed E-state index contributed by atoms with van der Waals surface area (Å²) >= 11 is 6.51. The molecule has 0 saturated carbocycles. The quantitative estimate of drug-likeness (QED) is 0.189. The van der Waals surface area contributed by atoms with Crippen molar-refractivity contribution in [2.45, 2.75) is 50.2 Å². The Hall–Kier alpha value is -4.21. The lowest BCUT2D eigenvalue weighted by Gasteiger charge is -2.34. The first-order valence-corrected chi connectivity index (χ1v) is 16.1. The number of halogens is 2. The van der Waals surface area contributed by atoms with Crippen LogP contribution in [0.15, 0.2) is 114 Å². The van der Waals surface area contributed by atoms with Crippen molar-refractivity contribution >= 4 is 39.1 Å². The molecule has 0 saturated heterocycles. The van der Waals surface area contributed by atoms with E-state index < -0.39 is 34.3 Å². The van der Waals surface area contributed by atoms with Crippen LogP contribution >= 0.6 is 11.6 Å². The first-order chi connectivity index (χ1) is 21.1. The van der Waals surface area contributed by atoms with Crippen molar-refractivity contribution in [2.75, 3.05) is 10.8 Å². The average Bonchev–Trinajstić information content (AvgIpc) is 3.03. The molecule has 2 amide bonds. The number of anilines is 1. The van der Waals surface area contributed by atoms with Crippen LogP contribution in [0.25, 0.3) is 0 Å². The van der Waals surface area contributed by atoms with Crippen LogP contribution in [0.3, 0.4) is 0 Å². The van der Waals surface area contributed by atoms with E-state index in [0.29, 0.717) is 17.0 Å². The van der Waals surface area contributed by atoms with E-state index in [1.54, 1.807) is 42.5 Å². The summed E-state index contributed by atoms with van der Waals surface area (Å²) in [6.45, 7) is 3.13. The number of benzene rings is 4. The van der Waals surface area contributed by atoms with Gasteiger partial charge in [-0.05, 0) is 66.9 Å². The number of nitrogens with one attached hydrogen (secondary N) is 1. The van der Waals surface area contributed by atoms with Crippen LogP contribution in [0, 0.1) is 5.82 Å². The Morgan fingerprint density at radius 3 is 2.07 bits per heavy atom. The standard InChI is InChI=1S/C34H35ClFN3O4S/c1-3-25(2)37-34(41)32(22-26-12-6-4-7-13-26)38(23-27-14-10-11-17-31(27)35)33(40)24-39(29-20-18-28(36)19-21-29)44(42,43)30-15-8-5-9-16-30/h4-21,25,32H,3,22-24H2,1-2H3,(H,37,41)/t25-,32-/m1/s1. The van der Waals surface area contributed by atoms with Crippen LogP contribution in [0.4, 0.5) is 10.1 Å². The molecular formula is C34H35ClFN3O4S. The molecule has 0 spiro atoms. The van der Waals surface area contributed by atoms with Crippen LogP contribution in [-0.4, -0.2) is 43.8 Å². The van der Waals surface area contributed by atoms with Crippen LogP contribution in [0.5, 0.6) is 0 Å². The second kappa shape index (κ2) is 15.0.